The number of alkyl halides is 3. The highest BCUT2D eigenvalue weighted by Crippen LogP contribution is 2.31. The van der Waals surface area contributed by atoms with Crippen LogP contribution in [0.1, 0.15) is 33.7 Å². The number of aryl methyl sites for hydroxylation is 1. The number of benzene rings is 1. The molecule has 2 aliphatic heterocycles. The fraction of sp³-hybridized carbons (Fsp3) is 0.474. The Morgan fingerprint density at radius 3 is 2.75 bits per heavy atom. The molecular weight excluding hydrogens is 371 g/mol. The van der Waals surface area contributed by atoms with Crippen molar-refractivity contribution in [2.24, 2.45) is 7.05 Å². The average molecular weight is 393 g/mol. The Morgan fingerprint density at radius 1 is 1.29 bits per heavy atom. The number of carbonyl (C=O) groups excluding carboxylic acids is 1. The van der Waals surface area contributed by atoms with Crippen molar-refractivity contribution in [3.63, 3.8) is 0 Å². The predicted molar refractivity (Wildman–Crippen MR) is 98.1 cm³/mol. The second kappa shape index (κ2) is 7.12. The number of amides is 1. The number of halogens is 3. The number of hydrogen-bond donors (Lipinski definition) is 2. The van der Waals surface area contributed by atoms with Gasteiger partial charge in [-0.3, -0.25) is 9.48 Å². The zero-order chi connectivity index (χ0) is 19.9. The zero-order valence-electron chi connectivity index (χ0n) is 15.5. The van der Waals surface area contributed by atoms with Crippen molar-refractivity contribution in [1.29, 1.82) is 0 Å². The molecular formula is C19H22F3N5O. The lowest BCUT2D eigenvalue weighted by Crippen LogP contribution is -2.38. The van der Waals surface area contributed by atoms with E-state index in [0.29, 0.717) is 25.3 Å². The summed E-state index contributed by atoms with van der Waals surface area (Å²) in [5, 5.41) is 10.7. The van der Waals surface area contributed by atoms with Crippen molar-refractivity contribution in [1.82, 2.24) is 20.4 Å². The number of aromatic nitrogens is 2. The maximum atomic E-state index is 12.7. The molecule has 1 aromatic carbocycles. The highest BCUT2D eigenvalue weighted by molar-refractivity contribution is 5.94. The van der Waals surface area contributed by atoms with Gasteiger partial charge >= 0.3 is 6.18 Å². The molecule has 1 unspecified atom stereocenters. The van der Waals surface area contributed by atoms with Crippen molar-refractivity contribution < 1.29 is 18.0 Å². The summed E-state index contributed by atoms with van der Waals surface area (Å²) in [5.41, 5.74) is 2.58. The van der Waals surface area contributed by atoms with Crippen LogP contribution in [-0.4, -0.2) is 41.4 Å². The summed E-state index contributed by atoms with van der Waals surface area (Å²) in [6, 6.07) is 5.09. The standard InChI is InChI=1S/C19H22F3N5O/c1-26-16-10-23-8-6-15(16)17(25-26)18(28)24-13-7-9-27(11-13)14-4-2-12(3-5-14)19(20,21)22/h2-5,13,23H,6-11H2,1H3,(H,24,28). The predicted octanol–water partition coefficient (Wildman–Crippen LogP) is 2.09. The van der Waals surface area contributed by atoms with Crippen molar-refractivity contribution in [2.45, 2.75) is 31.6 Å². The third-order valence-corrected chi connectivity index (χ3v) is 5.42. The van der Waals surface area contributed by atoms with Gasteiger partial charge in [-0.05, 0) is 43.7 Å². The third-order valence-electron chi connectivity index (χ3n) is 5.42. The number of carbonyl (C=O) groups is 1. The van der Waals surface area contributed by atoms with Crippen LogP contribution in [0.3, 0.4) is 0 Å². The minimum absolute atomic E-state index is 0.0610. The average Bonchev–Trinajstić information content (AvgIpc) is 3.26. The first kappa shape index (κ1) is 18.8. The van der Waals surface area contributed by atoms with Crippen LogP contribution in [0.15, 0.2) is 24.3 Å². The minimum Gasteiger partial charge on any atom is -0.369 e. The molecule has 2 aromatic rings. The number of hydrogen-bond acceptors (Lipinski definition) is 4. The lowest BCUT2D eigenvalue weighted by molar-refractivity contribution is -0.137. The number of nitrogens with one attached hydrogen (secondary N) is 2. The number of nitrogens with zero attached hydrogens (tertiary/aromatic N) is 3. The van der Waals surface area contributed by atoms with E-state index in [1.165, 1.54) is 12.1 Å². The summed E-state index contributed by atoms with van der Waals surface area (Å²) in [4.78, 5) is 14.7. The molecule has 0 bridgehead atoms. The fourth-order valence-electron chi connectivity index (χ4n) is 3.92. The Balaban J connectivity index is 1.40. The lowest BCUT2D eigenvalue weighted by atomic mass is 10.1. The monoisotopic (exact) mass is 393 g/mol. The maximum absolute atomic E-state index is 12.7. The molecule has 1 amide bonds. The Labute approximate surface area is 160 Å². The Bertz CT molecular complexity index is 875. The van der Waals surface area contributed by atoms with Crippen LogP contribution in [0, 0.1) is 0 Å². The topological polar surface area (TPSA) is 62.2 Å². The van der Waals surface area contributed by atoms with Gasteiger partial charge in [0.25, 0.3) is 5.91 Å². The SMILES string of the molecule is Cn1nc(C(=O)NC2CCN(c3ccc(C(F)(F)F)cc3)C2)c2c1CNCC2. The summed E-state index contributed by atoms with van der Waals surface area (Å²) >= 11 is 0. The van der Waals surface area contributed by atoms with Crippen molar-refractivity contribution in [3.05, 3.63) is 46.8 Å². The van der Waals surface area contributed by atoms with Crippen LogP contribution in [0.25, 0.3) is 0 Å². The molecule has 28 heavy (non-hydrogen) atoms. The maximum Gasteiger partial charge on any atom is 0.416 e. The molecule has 1 atom stereocenters. The van der Waals surface area contributed by atoms with E-state index < -0.39 is 11.7 Å². The van der Waals surface area contributed by atoms with Crippen molar-refractivity contribution >= 4 is 11.6 Å². The summed E-state index contributed by atoms with van der Waals surface area (Å²) in [6.45, 7) is 2.77. The van der Waals surface area contributed by atoms with E-state index in [0.717, 1.165) is 48.5 Å². The summed E-state index contributed by atoms with van der Waals surface area (Å²) < 4.78 is 39.9. The number of rotatable bonds is 3. The summed E-state index contributed by atoms with van der Waals surface area (Å²) in [6.07, 6.45) is -2.82. The summed E-state index contributed by atoms with van der Waals surface area (Å²) in [5.74, 6) is -0.182. The van der Waals surface area contributed by atoms with E-state index in [-0.39, 0.29) is 11.9 Å². The minimum atomic E-state index is -4.34. The van der Waals surface area contributed by atoms with Gasteiger partial charge in [0.2, 0.25) is 0 Å². The third kappa shape index (κ3) is 3.58. The molecule has 0 saturated carbocycles. The van der Waals surface area contributed by atoms with Crippen LogP contribution in [-0.2, 0) is 26.2 Å². The molecule has 1 saturated heterocycles. The van der Waals surface area contributed by atoms with Crippen LogP contribution in [0.5, 0.6) is 0 Å². The molecule has 6 nitrogen and oxygen atoms in total. The van der Waals surface area contributed by atoms with Crippen molar-refractivity contribution in [3.8, 4) is 0 Å². The van der Waals surface area contributed by atoms with E-state index in [2.05, 4.69) is 15.7 Å². The van der Waals surface area contributed by atoms with Gasteiger partial charge < -0.3 is 15.5 Å². The first-order valence-electron chi connectivity index (χ1n) is 9.31. The van der Waals surface area contributed by atoms with Crippen LogP contribution in [0.4, 0.5) is 18.9 Å². The quantitative estimate of drug-likeness (QED) is 0.839. The van der Waals surface area contributed by atoms with Crippen molar-refractivity contribution in [2.75, 3.05) is 24.5 Å². The molecule has 0 radical (unpaired) electrons. The second-order valence-electron chi connectivity index (χ2n) is 7.27. The van der Waals surface area contributed by atoms with Gasteiger partial charge in [0.05, 0.1) is 11.3 Å². The number of anilines is 1. The van der Waals surface area contributed by atoms with Crippen LogP contribution >= 0.6 is 0 Å². The summed E-state index contributed by atoms with van der Waals surface area (Å²) in [7, 11) is 1.84. The van der Waals surface area contributed by atoms with Gasteiger partial charge in [0.15, 0.2) is 5.69 Å². The Hall–Kier alpha value is -2.55. The second-order valence-corrected chi connectivity index (χ2v) is 7.27. The fourth-order valence-corrected chi connectivity index (χ4v) is 3.92. The van der Waals surface area contributed by atoms with E-state index in [4.69, 9.17) is 0 Å². The highest BCUT2D eigenvalue weighted by atomic mass is 19.4. The van der Waals surface area contributed by atoms with Gasteiger partial charge in [0, 0.05) is 44.0 Å². The normalized spacial score (nSPS) is 19.6. The highest BCUT2D eigenvalue weighted by Gasteiger charge is 2.31. The van der Waals surface area contributed by atoms with E-state index in [1.54, 1.807) is 4.68 Å². The zero-order valence-corrected chi connectivity index (χ0v) is 15.5. The first-order chi connectivity index (χ1) is 13.3. The van der Waals surface area contributed by atoms with Crippen LogP contribution in [0.2, 0.25) is 0 Å². The van der Waals surface area contributed by atoms with Crippen LogP contribution < -0.4 is 15.5 Å². The lowest BCUT2D eigenvalue weighted by Gasteiger charge is -2.20. The van der Waals surface area contributed by atoms with Gasteiger partial charge in [-0.15, -0.1) is 0 Å². The molecule has 1 fully saturated rings. The van der Waals surface area contributed by atoms with E-state index >= 15 is 0 Å². The molecule has 0 aliphatic carbocycles. The van der Waals surface area contributed by atoms with Gasteiger partial charge in [-0.1, -0.05) is 0 Å². The Kier molecular flexibility index (Phi) is 4.78. The number of fused-ring (bicyclic) bond motifs is 1. The largest absolute Gasteiger partial charge is 0.416 e. The van der Waals surface area contributed by atoms with E-state index in [9.17, 15) is 18.0 Å². The smallest absolute Gasteiger partial charge is 0.369 e. The van der Waals surface area contributed by atoms with Gasteiger partial charge in [-0.2, -0.15) is 18.3 Å². The molecule has 0 spiro atoms. The van der Waals surface area contributed by atoms with Gasteiger partial charge in [-0.25, -0.2) is 0 Å². The molecule has 150 valence electrons. The molecule has 1 aromatic heterocycles. The first-order valence-corrected chi connectivity index (χ1v) is 9.31. The molecule has 4 rings (SSSR count). The molecule has 2 aliphatic rings. The molecule has 9 heteroatoms. The molecule has 2 N–H and O–H groups in total. The van der Waals surface area contributed by atoms with E-state index in [1.807, 2.05) is 11.9 Å². The Morgan fingerprint density at radius 2 is 2.04 bits per heavy atom. The van der Waals surface area contributed by atoms with Gasteiger partial charge in [0.1, 0.15) is 0 Å². The molecule has 3 heterocycles.